The minimum Gasteiger partial charge on any atom is -0.455 e. The lowest BCUT2D eigenvalue weighted by Crippen LogP contribution is -2.25. The third kappa shape index (κ3) is 2.71. The van der Waals surface area contributed by atoms with Gasteiger partial charge in [-0.3, -0.25) is 9.69 Å². The van der Waals surface area contributed by atoms with Crippen LogP contribution in [0.2, 0.25) is 0 Å². The molecule has 0 bridgehead atoms. The molecule has 0 saturated carbocycles. The van der Waals surface area contributed by atoms with E-state index in [9.17, 15) is 9.59 Å². The number of amides is 1. The molecule has 4 rings (SSSR count). The van der Waals surface area contributed by atoms with Crippen LogP contribution in [0.25, 0.3) is 10.2 Å². The number of carbonyl (C=O) groups is 2. The summed E-state index contributed by atoms with van der Waals surface area (Å²) >= 11 is 1.49. The molecule has 1 aromatic carbocycles. The average molecular weight is 348 g/mol. The summed E-state index contributed by atoms with van der Waals surface area (Å²) in [5.74, 6) is -0.177. The van der Waals surface area contributed by atoms with Gasteiger partial charge >= 0.3 is 12.1 Å². The van der Waals surface area contributed by atoms with Crippen LogP contribution in [0.15, 0.2) is 18.2 Å². The van der Waals surface area contributed by atoms with Gasteiger partial charge < -0.3 is 14.2 Å². The number of benzene rings is 1. The molecule has 1 amide bonds. The first-order valence-electron chi connectivity index (χ1n) is 7.71. The topological polar surface area (TPSA) is 78.0 Å². The van der Waals surface area contributed by atoms with E-state index in [4.69, 9.17) is 14.2 Å². The summed E-state index contributed by atoms with van der Waals surface area (Å²) in [5, 5.41) is 0.800. The van der Waals surface area contributed by atoms with E-state index in [1.165, 1.54) is 11.3 Å². The highest BCUT2D eigenvalue weighted by Crippen LogP contribution is 2.36. The highest BCUT2D eigenvalue weighted by atomic mass is 32.1. The van der Waals surface area contributed by atoms with Crippen LogP contribution in [0.1, 0.15) is 24.0 Å². The molecule has 2 aromatic rings. The van der Waals surface area contributed by atoms with Gasteiger partial charge in [0.05, 0.1) is 23.4 Å². The van der Waals surface area contributed by atoms with Crippen LogP contribution in [-0.4, -0.2) is 43.4 Å². The summed E-state index contributed by atoms with van der Waals surface area (Å²) < 4.78 is 16.5. The number of thiazole rings is 1. The Balaban J connectivity index is 1.59. The normalized spacial score (nSPS) is 23.8. The van der Waals surface area contributed by atoms with Gasteiger partial charge in [0.1, 0.15) is 11.1 Å². The first-order chi connectivity index (χ1) is 11.6. The molecule has 0 aliphatic carbocycles. The van der Waals surface area contributed by atoms with Crippen molar-refractivity contribution < 1.29 is 23.8 Å². The molecule has 2 aliphatic heterocycles. The number of esters is 1. The third-order valence-corrected chi connectivity index (χ3v) is 5.20. The van der Waals surface area contributed by atoms with Crippen LogP contribution >= 0.6 is 11.3 Å². The molecular formula is C16H16N2O5S. The van der Waals surface area contributed by atoms with Crippen LogP contribution in [0.4, 0.5) is 10.5 Å². The predicted molar refractivity (Wildman–Crippen MR) is 87.2 cm³/mol. The largest absolute Gasteiger partial charge is 0.455 e. The van der Waals surface area contributed by atoms with Gasteiger partial charge in [0.2, 0.25) is 0 Å². The Morgan fingerprint density at radius 3 is 3.00 bits per heavy atom. The Labute approximate surface area is 142 Å². The van der Waals surface area contributed by atoms with Crippen molar-refractivity contribution in [3.8, 4) is 0 Å². The molecule has 24 heavy (non-hydrogen) atoms. The van der Waals surface area contributed by atoms with Gasteiger partial charge in [-0.25, -0.2) is 9.78 Å². The molecule has 0 radical (unpaired) electrons. The van der Waals surface area contributed by atoms with Gasteiger partial charge in [-0.2, -0.15) is 0 Å². The number of hydrogen-bond donors (Lipinski definition) is 0. The van der Waals surface area contributed by atoms with Crippen LogP contribution < -0.4 is 4.90 Å². The number of fused-ring (bicyclic) bond motifs is 1. The highest BCUT2D eigenvalue weighted by Gasteiger charge is 2.33. The summed E-state index contributed by atoms with van der Waals surface area (Å²) in [6.07, 6.45) is 0.231. The monoisotopic (exact) mass is 348 g/mol. The molecule has 2 aliphatic rings. The SMILES string of the molecule is COC[C@H]1CN(c2ccc3nc(C4CCC(=O)O4)sc3c2)C(=O)O1. The fraction of sp³-hybridized carbons (Fsp3) is 0.438. The Hall–Kier alpha value is -2.19. The molecule has 0 spiro atoms. The molecule has 1 unspecified atom stereocenters. The van der Waals surface area contributed by atoms with Crippen LogP contribution in [0.5, 0.6) is 0 Å². The number of aromatic nitrogens is 1. The summed E-state index contributed by atoms with van der Waals surface area (Å²) in [4.78, 5) is 29.4. The van der Waals surface area contributed by atoms with E-state index in [1.807, 2.05) is 18.2 Å². The fourth-order valence-electron chi connectivity index (χ4n) is 2.94. The Morgan fingerprint density at radius 1 is 1.38 bits per heavy atom. The third-order valence-electron chi connectivity index (χ3n) is 4.09. The quantitative estimate of drug-likeness (QED) is 0.791. The van der Waals surface area contributed by atoms with E-state index in [0.29, 0.717) is 26.0 Å². The molecule has 2 fully saturated rings. The molecule has 0 N–H and O–H groups in total. The van der Waals surface area contributed by atoms with E-state index < -0.39 is 0 Å². The number of nitrogens with zero attached hydrogens (tertiary/aromatic N) is 2. The molecule has 7 nitrogen and oxygen atoms in total. The van der Waals surface area contributed by atoms with Crippen molar-refractivity contribution in [3.63, 3.8) is 0 Å². The van der Waals surface area contributed by atoms with Gasteiger partial charge in [-0.1, -0.05) is 0 Å². The van der Waals surface area contributed by atoms with Crippen molar-refractivity contribution in [2.75, 3.05) is 25.2 Å². The lowest BCUT2D eigenvalue weighted by molar-refractivity contribution is -0.141. The number of cyclic esters (lactones) is 2. The first-order valence-corrected chi connectivity index (χ1v) is 8.53. The molecule has 3 heterocycles. The maximum absolute atomic E-state index is 12.0. The second-order valence-corrected chi connectivity index (χ2v) is 6.86. The molecular weight excluding hydrogens is 332 g/mol. The Kier molecular flexibility index (Phi) is 3.85. The van der Waals surface area contributed by atoms with Crippen LogP contribution in [0, 0.1) is 0 Å². The molecule has 2 saturated heterocycles. The summed E-state index contributed by atoms with van der Waals surface area (Å²) in [5.41, 5.74) is 1.60. The van der Waals surface area contributed by atoms with Crippen molar-refractivity contribution in [3.05, 3.63) is 23.2 Å². The lowest BCUT2D eigenvalue weighted by atomic mass is 10.2. The number of anilines is 1. The van der Waals surface area contributed by atoms with Crippen LogP contribution in [-0.2, 0) is 19.0 Å². The van der Waals surface area contributed by atoms with Gasteiger partial charge in [-0.15, -0.1) is 11.3 Å². The van der Waals surface area contributed by atoms with Crippen molar-refractivity contribution in [2.45, 2.75) is 25.0 Å². The average Bonchev–Trinajstić information content (AvgIpc) is 3.25. The molecule has 126 valence electrons. The zero-order chi connectivity index (χ0) is 16.7. The maximum atomic E-state index is 12.0. The van der Waals surface area contributed by atoms with Gasteiger partial charge in [0, 0.05) is 25.6 Å². The van der Waals surface area contributed by atoms with Gasteiger partial charge in [0.25, 0.3) is 0 Å². The minimum absolute atomic E-state index is 0.177. The van der Waals surface area contributed by atoms with Gasteiger partial charge in [0.15, 0.2) is 6.10 Å². The molecule has 8 heteroatoms. The van der Waals surface area contributed by atoms with E-state index in [1.54, 1.807) is 12.0 Å². The zero-order valence-corrected chi connectivity index (χ0v) is 13.9. The lowest BCUT2D eigenvalue weighted by Gasteiger charge is -2.12. The predicted octanol–water partition coefficient (Wildman–Crippen LogP) is 2.65. The van der Waals surface area contributed by atoms with E-state index >= 15 is 0 Å². The van der Waals surface area contributed by atoms with E-state index in [-0.39, 0.29) is 24.3 Å². The molecule has 2 atom stereocenters. The second kappa shape index (κ2) is 6.03. The zero-order valence-electron chi connectivity index (χ0n) is 13.1. The number of hydrogen-bond acceptors (Lipinski definition) is 7. The second-order valence-electron chi connectivity index (χ2n) is 5.79. The highest BCUT2D eigenvalue weighted by molar-refractivity contribution is 7.18. The van der Waals surface area contributed by atoms with Crippen molar-refractivity contribution >= 4 is 39.3 Å². The minimum atomic E-state index is -0.370. The number of methoxy groups -OCH3 is 1. The first kappa shape index (κ1) is 15.3. The van der Waals surface area contributed by atoms with Crippen molar-refractivity contribution in [1.29, 1.82) is 0 Å². The summed E-state index contributed by atoms with van der Waals surface area (Å²) in [7, 11) is 1.58. The van der Waals surface area contributed by atoms with Gasteiger partial charge in [-0.05, 0) is 18.2 Å². The van der Waals surface area contributed by atoms with Crippen molar-refractivity contribution in [2.24, 2.45) is 0 Å². The van der Waals surface area contributed by atoms with Crippen LogP contribution in [0.3, 0.4) is 0 Å². The Bertz CT molecular complexity index is 805. The fourth-order valence-corrected chi connectivity index (χ4v) is 4.01. The Morgan fingerprint density at radius 2 is 2.25 bits per heavy atom. The standard InChI is InChI=1S/C16H16N2O5S/c1-21-8-10-7-18(16(20)22-10)9-2-3-11-13(6-9)24-15(17-11)12-4-5-14(19)23-12/h2-3,6,10,12H,4-5,7-8H2,1H3/t10-,12?/m1/s1. The van der Waals surface area contributed by atoms with Crippen molar-refractivity contribution in [1.82, 2.24) is 4.98 Å². The number of carbonyl (C=O) groups excluding carboxylic acids is 2. The smallest absolute Gasteiger partial charge is 0.414 e. The van der Waals surface area contributed by atoms with E-state index in [0.717, 1.165) is 20.9 Å². The summed E-state index contributed by atoms with van der Waals surface area (Å²) in [6, 6.07) is 5.64. The summed E-state index contributed by atoms with van der Waals surface area (Å²) in [6.45, 7) is 0.840. The van der Waals surface area contributed by atoms with E-state index in [2.05, 4.69) is 4.98 Å². The number of rotatable bonds is 4. The molecule has 1 aromatic heterocycles. The number of ether oxygens (including phenoxy) is 3. The maximum Gasteiger partial charge on any atom is 0.414 e.